The summed E-state index contributed by atoms with van der Waals surface area (Å²) in [6.45, 7) is 1.71. The molecular formula is C18H13ClF3N3OS. The highest BCUT2D eigenvalue weighted by Crippen LogP contribution is 2.31. The van der Waals surface area contributed by atoms with E-state index in [1.807, 2.05) is 0 Å². The number of pyridine rings is 1. The third-order valence-electron chi connectivity index (χ3n) is 3.68. The molecule has 2 aromatic heterocycles. The largest absolute Gasteiger partial charge is 0.416 e. The van der Waals surface area contributed by atoms with Crippen LogP contribution in [0, 0.1) is 6.92 Å². The molecule has 140 valence electrons. The molecule has 4 nitrogen and oxygen atoms in total. The Morgan fingerprint density at radius 3 is 2.74 bits per heavy atom. The molecule has 3 rings (SSSR count). The topological polar surface area (TPSA) is 54.9 Å². The number of carbonyl (C=O) groups is 1. The van der Waals surface area contributed by atoms with Gasteiger partial charge in [-0.1, -0.05) is 29.8 Å². The Balaban J connectivity index is 1.77. The smallest absolute Gasteiger partial charge is 0.312 e. The van der Waals surface area contributed by atoms with Crippen molar-refractivity contribution in [2.24, 2.45) is 0 Å². The van der Waals surface area contributed by atoms with Crippen LogP contribution in [0.5, 0.6) is 0 Å². The first kappa shape index (κ1) is 19.3. The molecule has 0 spiro atoms. The highest BCUT2D eigenvalue weighted by molar-refractivity contribution is 7.16. The summed E-state index contributed by atoms with van der Waals surface area (Å²) in [5, 5.41) is 3.92. The van der Waals surface area contributed by atoms with Gasteiger partial charge in [0.15, 0.2) is 0 Å². The predicted molar refractivity (Wildman–Crippen MR) is 98.3 cm³/mol. The van der Waals surface area contributed by atoms with Gasteiger partial charge in [0.2, 0.25) is 0 Å². The van der Waals surface area contributed by atoms with E-state index in [-0.39, 0.29) is 17.1 Å². The molecule has 9 heteroatoms. The zero-order chi connectivity index (χ0) is 19.6. The number of alkyl halides is 3. The molecule has 0 bridgehead atoms. The molecule has 0 aliphatic carbocycles. The molecule has 0 aliphatic heterocycles. The first-order valence-corrected chi connectivity index (χ1v) is 8.98. The summed E-state index contributed by atoms with van der Waals surface area (Å²) in [4.78, 5) is 20.5. The normalized spacial score (nSPS) is 11.4. The molecule has 1 amide bonds. The number of nitrogens with zero attached hydrogens (tertiary/aromatic N) is 2. The van der Waals surface area contributed by atoms with Crippen molar-refractivity contribution in [3.05, 3.63) is 75.1 Å². The lowest BCUT2D eigenvalue weighted by Crippen LogP contribution is -2.12. The van der Waals surface area contributed by atoms with Gasteiger partial charge < -0.3 is 5.32 Å². The number of amides is 1. The minimum Gasteiger partial charge on any atom is -0.312 e. The number of aromatic nitrogens is 2. The Morgan fingerprint density at radius 2 is 2.04 bits per heavy atom. The fraction of sp³-hybridized carbons (Fsp3) is 0.167. The fourth-order valence-corrected chi connectivity index (χ4v) is 3.60. The van der Waals surface area contributed by atoms with Crippen molar-refractivity contribution in [1.82, 2.24) is 9.97 Å². The minimum atomic E-state index is -4.39. The summed E-state index contributed by atoms with van der Waals surface area (Å²) in [6.07, 6.45) is -2.68. The van der Waals surface area contributed by atoms with Gasteiger partial charge in [0.05, 0.1) is 21.8 Å². The summed E-state index contributed by atoms with van der Waals surface area (Å²) >= 11 is 7.12. The van der Waals surface area contributed by atoms with Gasteiger partial charge in [0.1, 0.15) is 10.2 Å². The van der Waals surface area contributed by atoms with Gasteiger partial charge in [-0.3, -0.25) is 4.79 Å². The second-order valence-corrected chi connectivity index (χ2v) is 7.13. The van der Waals surface area contributed by atoms with Crippen LogP contribution in [0.15, 0.2) is 42.6 Å². The summed E-state index contributed by atoms with van der Waals surface area (Å²) in [6, 6.07) is 8.25. The molecule has 0 atom stereocenters. The predicted octanol–water partition coefficient (Wildman–Crippen LogP) is 5.36. The minimum absolute atomic E-state index is 0.0846. The molecule has 27 heavy (non-hydrogen) atoms. The lowest BCUT2D eigenvalue weighted by atomic mass is 10.1. The van der Waals surface area contributed by atoms with Gasteiger partial charge in [-0.2, -0.15) is 13.2 Å². The quantitative estimate of drug-likeness (QED) is 0.588. The maximum atomic E-state index is 12.8. The van der Waals surface area contributed by atoms with E-state index in [1.165, 1.54) is 23.6 Å². The second kappa shape index (κ2) is 7.66. The van der Waals surface area contributed by atoms with E-state index >= 15 is 0 Å². The van der Waals surface area contributed by atoms with Crippen molar-refractivity contribution in [3.63, 3.8) is 0 Å². The fourth-order valence-electron chi connectivity index (χ4n) is 2.40. The number of rotatable bonds is 4. The molecule has 1 N–H and O–H groups in total. The number of hydrogen-bond donors (Lipinski definition) is 1. The van der Waals surface area contributed by atoms with Gasteiger partial charge in [-0.25, -0.2) is 9.97 Å². The van der Waals surface area contributed by atoms with Crippen LogP contribution >= 0.6 is 22.9 Å². The van der Waals surface area contributed by atoms with Crippen LogP contribution in [-0.4, -0.2) is 15.9 Å². The van der Waals surface area contributed by atoms with E-state index in [0.29, 0.717) is 21.3 Å². The lowest BCUT2D eigenvalue weighted by molar-refractivity contribution is -0.137. The summed E-state index contributed by atoms with van der Waals surface area (Å²) in [5.74, 6) is -0.425. The zero-order valence-corrected chi connectivity index (χ0v) is 15.5. The van der Waals surface area contributed by atoms with Gasteiger partial charge >= 0.3 is 6.18 Å². The van der Waals surface area contributed by atoms with E-state index < -0.39 is 17.6 Å². The Hall–Kier alpha value is -2.45. The van der Waals surface area contributed by atoms with E-state index in [2.05, 4.69) is 15.3 Å². The third kappa shape index (κ3) is 4.64. The van der Waals surface area contributed by atoms with E-state index in [9.17, 15) is 18.0 Å². The van der Waals surface area contributed by atoms with Crippen LogP contribution in [0.2, 0.25) is 5.15 Å². The summed E-state index contributed by atoms with van der Waals surface area (Å²) < 4.78 is 38.5. The van der Waals surface area contributed by atoms with Crippen molar-refractivity contribution in [3.8, 4) is 0 Å². The van der Waals surface area contributed by atoms with E-state index in [1.54, 1.807) is 25.1 Å². The van der Waals surface area contributed by atoms with E-state index in [4.69, 9.17) is 11.6 Å². The molecule has 2 heterocycles. The number of aryl methyl sites for hydroxylation is 1. The van der Waals surface area contributed by atoms with Crippen LogP contribution in [0.4, 0.5) is 18.2 Å². The van der Waals surface area contributed by atoms with Gasteiger partial charge in [-0.15, -0.1) is 11.3 Å². The average Bonchev–Trinajstić information content (AvgIpc) is 2.93. The van der Waals surface area contributed by atoms with Crippen molar-refractivity contribution in [2.45, 2.75) is 19.5 Å². The van der Waals surface area contributed by atoms with Crippen LogP contribution in [0.1, 0.15) is 32.2 Å². The second-order valence-electron chi connectivity index (χ2n) is 5.69. The molecule has 1 aromatic carbocycles. The molecule has 3 aromatic rings. The Morgan fingerprint density at radius 1 is 1.26 bits per heavy atom. The monoisotopic (exact) mass is 411 g/mol. The molecule has 0 aliphatic rings. The van der Waals surface area contributed by atoms with Crippen LogP contribution in [0.25, 0.3) is 0 Å². The highest BCUT2D eigenvalue weighted by Gasteiger charge is 2.30. The lowest BCUT2D eigenvalue weighted by Gasteiger charge is -2.07. The number of hydrogen-bond acceptors (Lipinski definition) is 4. The van der Waals surface area contributed by atoms with Crippen LogP contribution in [0.3, 0.4) is 0 Å². The average molecular weight is 412 g/mol. The highest BCUT2D eigenvalue weighted by atomic mass is 35.5. The van der Waals surface area contributed by atoms with Crippen LogP contribution in [-0.2, 0) is 12.6 Å². The summed E-state index contributed by atoms with van der Waals surface area (Å²) in [5.41, 5.74) is 0.599. The van der Waals surface area contributed by atoms with Crippen LogP contribution < -0.4 is 5.32 Å². The number of halogens is 4. The molecule has 0 radical (unpaired) electrons. The third-order valence-corrected chi connectivity index (χ3v) is 5.06. The Labute approximate surface area is 162 Å². The first-order chi connectivity index (χ1) is 12.7. The molecule has 0 unspecified atom stereocenters. The van der Waals surface area contributed by atoms with Crippen molar-refractivity contribution >= 4 is 33.8 Å². The number of nitrogens with one attached hydrogen (secondary N) is 1. The zero-order valence-electron chi connectivity index (χ0n) is 14.0. The molecule has 0 fully saturated rings. The first-order valence-electron chi connectivity index (χ1n) is 7.78. The number of anilines is 1. The molecule has 0 saturated heterocycles. The molecular weight excluding hydrogens is 399 g/mol. The Bertz CT molecular complexity index is 988. The standard InChI is InChI=1S/C18H13ClF3N3OS/c1-10-17(25-16(26)13-6-3-7-23-15(13)19)27-14(24-10)9-11-4-2-5-12(8-11)18(20,21)22/h2-8H,9H2,1H3,(H,25,26). The maximum absolute atomic E-state index is 12.8. The van der Waals surface area contributed by atoms with Gasteiger partial charge in [0, 0.05) is 12.6 Å². The number of benzene rings is 1. The number of thiazole rings is 1. The van der Waals surface area contributed by atoms with Gasteiger partial charge in [-0.05, 0) is 30.7 Å². The Kier molecular flexibility index (Phi) is 5.48. The van der Waals surface area contributed by atoms with Crippen molar-refractivity contribution < 1.29 is 18.0 Å². The summed E-state index contributed by atoms with van der Waals surface area (Å²) in [7, 11) is 0. The van der Waals surface area contributed by atoms with E-state index in [0.717, 1.165) is 12.1 Å². The number of carbonyl (C=O) groups excluding carboxylic acids is 1. The van der Waals surface area contributed by atoms with Crippen molar-refractivity contribution in [1.29, 1.82) is 0 Å². The van der Waals surface area contributed by atoms with Crippen molar-refractivity contribution in [2.75, 3.05) is 5.32 Å². The SMILES string of the molecule is Cc1nc(Cc2cccc(C(F)(F)F)c2)sc1NC(=O)c1cccnc1Cl. The maximum Gasteiger partial charge on any atom is 0.416 e. The van der Waals surface area contributed by atoms with Gasteiger partial charge in [0.25, 0.3) is 5.91 Å². The molecule has 0 saturated carbocycles.